The highest BCUT2D eigenvalue weighted by atomic mass is 32.2. The zero-order valence-electron chi connectivity index (χ0n) is 14.3. The number of hydrogen-bond acceptors (Lipinski definition) is 4. The standard InChI is InChI=1S/C17H26N2O4S/c1-14-5-7-16(8-6-14)23-17-11-19(12-17)24(20,21)18-9-3-4-15(10-18)13-22-2/h5-8,15,17H,3-4,9-13H2,1-2H3. The average Bonchev–Trinajstić information content (AvgIpc) is 2.52. The number of methoxy groups -OCH3 is 1. The molecule has 0 aliphatic carbocycles. The molecular weight excluding hydrogens is 328 g/mol. The fourth-order valence-corrected chi connectivity index (χ4v) is 5.04. The lowest BCUT2D eigenvalue weighted by molar-refractivity contribution is 0.0664. The number of piperidine rings is 1. The van der Waals surface area contributed by atoms with Gasteiger partial charge in [-0.3, -0.25) is 0 Å². The third-order valence-corrected chi connectivity index (χ3v) is 6.61. The Morgan fingerprint density at radius 3 is 2.50 bits per heavy atom. The molecule has 2 aliphatic rings. The van der Waals surface area contributed by atoms with Gasteiger partial charge in [-0.05, 0) is 37.8 Å². The molecular formula is C17H26N2O4S. The summed E-state index contributed by atoms with van der Waals surface area (Å²) >= 11 is 0. The highest BCUT2D eigenvalue weighted by Crippen LogP contribution is 2.26. The summed E-state index contributed by atoms with van der Waals surface area (Å²) in [5.41, 5.74) is 1.18. The molecule has 0 bridgehead atoms. The predicted octanol–water partition coefficient (Wildman–Crippen LogP) is 1.66. The summed E-state index contributed by atoms with van der Waals surface area (Å²) in [6.45, 7) is 4.63. The lowest BCUT2D eigenvalue weighted by Gasteiger charge is -2.42. The summed E-state index contributed by atoms with van der Waals surface area (Å²) in [7, 11) is -1.71. The highest BCUT2D eigenvalue weighted by Gasteiger charge is 2.41. The molecule has 0 aromatic heterocycles. The molecule has 2 saturated heterocycles. The molecule has 2 fully saturated rings. The summed E-state index contributed by atoms with van der Waals surface area (Å²) in [4.78, 5) is 0. The maximum absolute atomic E-state index is 12.7. The van der Waals surface area contributed by atoms with E-state index in [4.69, 9.17) is 9.47 Å². The van der Waals surface area contributed by atoms with Crippen molar-refractivity contribution in [1.82, 2.24) is 8.61 Å². The summed E-state index contributed by atoms with van der Waals surface area (Å²) in [5, 5.41) is 0. The number of hydrogen-bond donors (Lipinski definition) is 0. The quantitative estimate of drug-likeness (QED) is 0.780. The summed E-state index contributed by atoms with van der Waals surface area (Å²) in [6.07, 6.45) is 1.85. The Kier molecular flexibility index (Phi) is 5.44. The Morgan fingerprint density at radius 2 is 1.83 bits per heavy atom. The maximum atomic E-state index is 12.7. The molecule has 24 heavy (non-hydrogen) atoms. The van der Waals surface area contributed by atoms with Crippen molar-refractivity contribution in [1.29, 1.82) is 0 Å². The molecule has 2 aliphatic heterocycles. The van der Waals surface area contributed by atoms with Crippen LogP contribution in [-0.2, 0) is 14.9 Å². The zero-order valence-corrected chi connectivity index (χ0v) is 15.2. The van der Waals surface area contributed by atoms with E-state index in [2.05, 4.69) is 0 Å². The van der Waals surface area contributed by atoms with Crippen LogP contribution in [-0.4, -0.2) is 63.0 Å². The van der Waals surface area contributed by atoms with Crippen molar-refractivity contribution >= 4 is 10.2 Å². The van der Waals surface area contributed by atoms with Crippen LogP contribution in [0.25, 0.3) is 0 Å². The van der Waals surface area contributed by atoms with Gasteiger partial charge in [0.05, 0.1) is 19.7 Å². The molecule has 7 heteroatoms. The van der Waals surface area contributed by atoms with Gasteiger partial charge in [0.25, 0.3) is 10.2 Å². The van der Waals surface area contributed by atoms with Gasteiger partial charge in [-0.15, -0.1) is 0 Å². The van der Waals surface area contributed by atoms with Crippen molar-refractivity contribution in [3.05, 3.63) is 29.8 Å². The second-order valence-electron chi connectivity index (χ2n) is 6.70. The first-order valence-electron chi connectivity index (χ1n) is 8.46. The fraction of sp³-hybridized carbons (Fsp3) is 0.647. The number of rotatable bonds is 6. The lowest BCUT2D eigenvalue weighted by atomic mass is 10.0. The van der Waals surface area contributed by atoms with Crippen LogP contribution < -0.4 is 4.74 Å². The normalized spacial score (nSPS) is 23.8. The Bertz CT molecular complexity index is 639. The van der Waals surface area contributed by atoms with Gasteiger partial charge in [0.15, 0.2) is 0 Å². The van der Waals surface area contributed by atoms with Crippen molar-refractivity contribution < 1.29 is 17.9 Å². The minimum Gasteiger partial charge on any atom is -0.488 e. The van der Waals surface area contributed by atoms with E-state index in [1.54, 1.807) is 11.4 Å². The Hall–Kier alpha value is -1.15. The van der Waals surface area contributed by atoms with Gasteiger partial charge in [0.2, 0.25) is 0 Å². The van der Waals surface area contributed by atoms with Gasteiger partial charge in [-0.2, -0.15) is 17.0 Å². The first-order chi connectivity index (χ1) is 11.5. The van der Waals surface area contributed by atoms with E-state index in [0.717, 1.165) is 18.6 Å². The van der Waals surface area contributed by atoms with Crippen LogP contribution in [0.4, 0.5) is 0 Å². The van der Waals surface area contributed by atoms with E-state index in [0.29, 0.717) is 38.7 Å². The molecule has 0 spiro atoms. The molecule has 1 aromatic carbocycles. The summed E-state index contributed by atoms with van der Waals surface area (Å²) in [5.74, 6) is 1.08. The van der Waals surface area contributed by atoms with Gasteiger partial charge >= 0.3 is 0 Å². The van der Waals surface area contributed by atoms with Crippen molar-refractivity contribution in [2.75, 3.05) is 39.9 Å². The van der Waals surface area contributed by atoms with Crippen molar-refractivity contribution in [3.8, 4) is 5.75 Å². The average molecular weight is 354 g/mol. The smallest absolute Gasteiger partial charge is 0.282 e. The topological polar surface area (TPSA) is 59.1 Å². The number of aryl methyl sites for hydroxylation is 1. The molecule has 1 atom stereocenters. The summed E-state index contributed by atoms with van der Waals surface area (Å²) in [6, 6.07) is 7.83. The van der Waals surface area contributed by atoms with Gasteiger partial charge in [-0.1, -0.05) is 17.7 Å². The first-order valence-corrected chi connectivity index (χ1v) is 9.86. The number of ether oxygens (including phenoxy) is 2. The molecule has 2 heterocycles. The molecule has 0 N–H and O–H groups in total. The third kappa shape index (κ3) is 3.91. The molecule has 1 unspecified atom stereocenters. The molecule has 1 aromatic rings. The minimum atomic E-state index is -3.38. The van der Waals surface area contributed by atoms with Crippen LogP contribution in [0, 0.1) is 12.8 Å². The molecule has 0 radical (unpaired) electrons. The zero-order chi connectivity index (χ0) is 17.2. The number of benzene rings is 1. The van der Waals surface area contributed by atoms with E-state index >= 15 is 0 Å². The van der Waals surface area contributed by atoms with Crippen molar-refractivity contribution in [2.45, 2.75) is 25.9 Å². The second kappa shape index (κ2) is 7.39. The van der Waals surface area contributed by atoms with Crippen LogP contribution >= 0.6 is 0 Å². The van der Waals surface area contributed by atoms with Gasteiger partial charge in [0, 0.05) is 20.2 Å². The third-order valence-electron chi connectivity index (χ3n) is 4.67. The van der Waals surface area contributed by atoms with Crippen LogP contribution in [0.1, 0.15) is 18.4 Å². The Morgan fingerprint density at radius 1 is 1.12 bits per heavy atom. The van der Waals surface area contributed by atoms with Gasteiger partial charge in [-0.25, -0.2) is 0 Å². The molecule has 0 amide bonds. The molecule has 0 saturated carbocycles. The fourth-order valence-electron chi connectivity index (χ4n) is 3.24. The largest absolute Gasteiger partial charge is 0.488 e. The predicted molar refractivity (Wildman–Crippen MR) is 92.3 cm³/mol. The lowest BCUT2D eigenvalue weighted by Crippen LogP contribution is -2.60. The minimum absolute atomic E-state index is 0.0676. The second-order valence-corrected chi connectivity index (χ2v) is 8.63. The van der Waals surface area contributed by atoms with Crippen LogP contribution in [0.5, 0.6) is 5.75 Å². The highest BCUT2D eigenvalue weighted by molar-refractivity contribution is 7.86. The number of nitrogens with zero attached hydrogens (tertiary/aromatic N) is 2. The van der Waals surface area contributed by atoms with E-state index in [1.807, 2.05) is 31.2 Å². The van der Waals surface area contributed by atoms with Gasteiger partial charge in [0.1, 0.15) is 11.9 Å². The molecule has 3 rings (SSSR count). The van der Waals surface area contributed by atoms with E-state index < -0.39 is 10.2 Å². The van der Waals surface area contributed by atoms with Crippen molar-refractivity contribution in [3.63, 3.8) is 0 Å². The van der Waals surface area contributed by atoms with E-state index in [-0.39, 0.29) is 6.10 Å². The Balaban J connectivity index is 1.53. The van der Waals surface area contributed by atoms with E-state index in [9.17, 15) is 8.42 Å². The Labute approximate surface area is 144 Å². The maximum Gasteiger partial charge on any atom is 0.282 e. The first kappa shape index (κ1) is 17.7. The molecule has 6 nitrogen and oxygen atoms in total. The summed E-state index contributed by atoms with van der Waals surface area (Å²) < 4.78 is 39.6. The van der Waals surface area contributed by atoms with Crippen LogP contribution in [0.15, 0.2) is 24.3 Å². The van der Waals surface area contributed by atoms with Gasteiger partial charge < -0.3 is 9.47 Å². The van der Waals surface area contributed by atoms with Crippen LogP contribution in [0.3, 0.4) is 0 Å². The molecule has 134 valence electrons. The van der Waals surface area contributed by atoms with E-state index in [1.165, 1.54) is 9.87 Å². The van der Waals surface area contributed by atoms with Crippen molar-refractivity contribution in [2.24, 2.45) is 5.92 Å². The van der Waals surface area contributed by atoms with Crippen LogP contribution in [0.2, 0.25) is 0 Å². The monoisotopic (exact) mass is 354 g/mol. The SMILES string of the molecule is COCC1CCCN(S(=O)(=O)N2CC(Oc3ccc(C)cc3)C2)C1.